The Kier molecular flexibility index (Phi) is 8.35. The maximum absolute atomic E-state index is 12.6. The average Bonchev–Trinajstić information content (AvgIpc) is 2.79. The van der Waals surface area contributed by atoms with Crippen LogP contribution in [0.25, 0.3) is 0 Å². The van der Waals surface area contributed by atoms with Crippen LogP contribution in [0, 0.1) is 6.92 Å². The summed E-state index contributed by atoms with van der Waals surface area (Å²) in [6.45, 7) is 9.02. The second-order valence-corrected chi connectivity index (χ2v) is 8.67. The zero-order chi connectivity index (χ0) is 22.2. The number of carbonyl (C=O) groups excluding carboxylic acids is 1. The lowest BCUT2D eigenvalue weighted by Crippen LogP contribution is -2.41. The van der Waals surface area contributed by atoms with Gasteiger partial charge in [0.2, 0.25) is 0 Å². The van der Waals surface area contributed by atoms with Gasteiger partial charge in [0.15, 0.2) is 6.61 Å². The van der Waals surface area contributed by atoms with E-state index in [4.69, 9.17) is 9.47 Å². The van der Waals surface area contributed by atoms with Crippen molar-refractivity contribution in [3.8, 4) is 11.5 Å². The highest BCUT2D eigenvalue weighted by atomic mass is 16.5. The van der Waals surface area contributed by atoms with Crippen LogP contribution in [-0.4, -0.2) is 44.2 Å². The lowest BCUT2D eigenvalue weighted by atomic mass is 10.0. The van der Waals surface area contributed by atoms with Gasteiger partial charge in [0.1, 0.15) is 11.5 Å². The second-order valence-electron chi connectivity index (χ2n) is 8.67. The number of benzene rings is 2. The molecule has 1 aliphatic rings. The van der Waals surface area contributed by atoms with Crippen molar-refractivity contribution in [2.24, 2.45) is 0 Å². The monoisotopic (exact) mass is 424 g/mol. The van der Waals surface area contributed by atoms with Gasteiger partial charge in [-0.25, -0.2) is 0 Å². The summed E-state index contributed by atoms with van der Waals surface area (Å²) in [6, 6.07) is 14.5. The van der Waals surface area contributed by atoms with Gasteiger partial charge in [-0.3, -0.25) is 9.69 Å². The molecular formula is C26H36N2O3. The summed E-state index contributed by atoms with van der Waals surface area (Å²) in [6.07, 6.45) is 3.69. The molecule has 2 aromatic carbocycles. The molecule has 1 heterocycles. The van der Waals surface area contributed by atoms with Crippen LogP contribution in [0.1, 0.15) is 61.8 Å². The Balaban J connectivity index is 1.62. The summed E-state index contributed by atoms with van der Waals surface area (Å²) in [4.78, 5) is 15.1. The van der Waals surface area contributed by atoms with Gasteiger partial charge in [0, 0.05) is 6.54 Å². The number of likely N-dealkylation sites (tertiary alicyclic amines) is 1. The lowest BCUT2D eigenvalue weighted by molar-refractivity contribution is -0.123. The highest BCUT2D eigenvalue weighted by Crippen LogP contribution is 2.28. The zero-order valence-electron chi connectivity index (χ0n) is 19.3. The molecule has 0 aromatic heterocycles. The van der Waals surface area contributed by atoms with Crippen molar-refractivity contribution in [2.75, 3.05) is 33.4 Å². The van der Waals surface area contributed by atoms with Gasteiger partial charge in [0.25, 0.3) is 5.91 Å². The molecule has 0 aliphatic carbocycles. The quantitative estimate of drug-likeness (QED) is 0.625. The average molecular weight is 425 g/mol. The van der Waals surface area contributed by atoms with E-state index in [0.29, 0.717) is 12.5 Å². The number of nitrogens with one attached hydrogen (secondary N) is 1. The Hall–Kier alpha value is -2.53. The second kappa shape index (κ2) is 11.2. The lowest BCUT2D eigenvalue weighted by Gasteiger charge is -2.35. The summed E-state index contributed by atoms with van der Waals surface area (Å²) >= 11 is 0. The van der Waals surface area contributed by atoms with Gasteiger partial charge in [-0.2, -0.15) is 0 Å². The van der Waals surface area contributed by atoms with Crippen molar-refractivity contribution in [1.82, 2.24) is 10.2 Å². The molecule has 0 radical (unpaired) electrons. The van der Waals surface area contributed by atoms with Crippen LogP contribution in [0.4, 0.5) is 0 Å². The van der Waals surface area contributed by atoms with Crippen LogP contribution in [0.3, 0.4) is 0 Å². The minimum absolute atomic E-state index is 0.0263. The minimum Gasteiger partial charge on any atom is -0.497 e. The van der Waals surface area contributed by atoms with Crippen LogP contribution in [0.2, 0.25) is 0 Å². The number of rotatable bonds is 9. The molecule has 1 N–H and O–H groups in total. The summed E-state index contributed by atoms with van der Waals surface area (Å²) < 4.78 is 11.2. The molecule has 1 saturated heterocycles. The Bertz CT molecular complexity index is 842. The molecule has 2 aromatic rings. The van der Waals surface area contributed by atoms with Gasteiger partial charge in [-0.1, -0.05) is 44.5 Å². The third kappa shape index (κ3) is 6.47. The van der Waals surface area contributed by atoms with E-state index in [1.54, 1.807) is 7.11 Å². The molecule has 3 rings (SSSR count). The highest BCUT2D eigenvalue weighted by Gasteiger charge is 2.23. The fourth-order valence-electron chi connectivity index (χ4n) is 4.16. The van der Waals surface area contributed by atoms with Crippen molar-refractivity contribution in [1.29, 1.82) is 0 Å². The molecular weight excluding hydrogens is 388 g/mol. The summed E-state index contributed by atoms with van der Waals surface area (Å²) in [7, 11) is 1.68. The SMILES string of the molecule is COc1ccc(C(CNC(=O)COc2cc(C)ccc2C(C)C)N2CCCCC2)cc1. The number of hydrogen-bond donors (Lipinski definition) is 1. The van der Waals surface area contributed by atoms with E-state index in [-0.39, 0.29) is 18.6 Å². The van der Waals surface area contributed by atoms with Crippen molar-refractivity contribution in [3.63, 3.8) is 0 Å². The van der Waals surface area contributed by atoms with E-state index < -0.39 is 0 Å². The van der Waals surface area contributed by atoms with Crippen LogP contribution in [0.15, 0.2) is 42.5 Å². The van der Waals surface area contributed by atoms with E-state index in [1.807, 2.05) is 25.1 Å². The third-order valence-corrected chi connectivity index (χ3v) is 5.97. The number of ether oxygens (including phenoxy) is 2. The number of piperidine rings is 1. The van der Waals surface area contributed by atoms with Crippen LogP contribution in [0.5, 0.6) is 11.5 Å². The first-order chi connectivity index (χ1) is 15.0. The predicted molar refractivity (Wildman–Crippen MR) is 125 cm³/mol. The molecule has 5 heteroatoms. The first-order valence-corrected chi connectivity index (χ1v) is 11.4. The maximum Gasteiger partial charge on any atom is 0.258 e. The van der Waals surface area contributed by atoms with E-state index in [0.717, 1.165) is 35.7 Å². The van der Waals surface area contributed by atoms with Gasteiger partial charge >= 0.3 is 0 Å². The van der Waals surface area contributed by atoms with E-state index in [2.05, 4.69) is 48.3 Å². The van der Waals surface area contributed by atoms with E-state index in [1.165, 1.54) is 24.8 Å². The largest absolute Gasteiger partial charge is 0.497 e. The standard InChI is InChI=1S/C26H36N2O3/c1-19(2)23-13-8-20(3)16-25(23)31-18-26(29)27-17-24(28-14-6-5-7-15-28)21-9-11-22(30-4)12-10-21/h8-13,16,19,24H,5-7,14-15,17-18H2,1-4H3,(H,27,29). The molecule has 168 valence electrons. The number of methoxy groups -OCH3 is 1. The highest BCUT2D eigenvalue weighted by molar-refractivity contribution is 5.77. The Morgan fingerprint density at radius 2 is 1.77 bits per heavy atom. The Morgan fingerprint density at radius 3 is 2.42 bits per heavy atom. The molecule has 5 nitrogen and oxygen atoms in total. The molecule has 1 fully saturated rings. The smallest absolute Gasteiger partial charge is 0.258 e. The van der Waals surface area contributed by atoms with Gasteiger partial charge in [-0.05, 0) is 73.7 Å². The van der Waals surface area contributed by atoms with Crippen LogP contribution in [-0.2, 0) is 4.79 Å². The maximum atomic E-state index is 12.6. The summed E-state index contributed by atoms with van der Waals surface area (Å²) in [5.41, 5.74) is 3.46. The van der Waals surface area contributed by atoms with Crippen molar-refractivity contribution in [3.05, 3.63) is 59.2 Å². The van der Waals surface area contributed by atoms with Crippen LogP contribution < -0.4 is 14.8 Å². The van der Waals surface area contributed by atoms with Crippen molar-refractivity contribution >= 4 is 5.91 Å². The number of aryl methyl sites for hydroxylation is 1. The van der Waals surface area contributed by atoms with Crippen molar-refractivity contribution in [2.45, 2.75) is 52.0 Å². The molecule has 0 spiro atoms. The Morgan fingerprint density at radius 1 is 1.06 bits per heavy atom. The first-order valence-electron chi connectivity index (χ1n) is 11.4. The number of carbonyl (C=O) groups is 1. The van der Waals surface area contributed by atoms with E-state index >= 15 is 0 Å². The summed E-state index contributed by atoms with van der Waals surface area (Å²) in [5.74, 6) is 1.90. The topological polar surface area (TPSA) is 50.8 Å². The van der Waals surface area contributed by atoms with Gasteiger partial charge < -0.3 is 14.8 Å². The molecule has 0 bridgehead atoms. The van der Waals surface area contributed by atoms with Crippen molar-refractivity contribution < 1.29 is 14.3 Å². The molecule has 1 aliphatic heterocycles. The minimum atomic E-state index is -0.0910. The van der Waals surface area contributed by atoms with Crippen LogP contribution >= 0.6 is 0 Å². The number of nitrogens with zero attached hydrogens (tertiary/aromatic N) is 1. The molecule has 31 heavy (non-hydrogen) atoms. The fraction of sp³-hybridized carbons (Fsp3) is 0.500. The molecule has 1 amide bonds. The van der Waals surface area contributed by atoms with Gasteiger partial charge in [-0.15, -0.1) is 0 Å². The van der Waals surface area contributed by atoms with E-state index in [9.17, 15) is 4.79 Å². The molecule has 1 unspecified atom stereocenters. The summed E-state index contributed by atoms with van der Waals surface area (Å²) in [5, 5.41) is 3.10. The number of amides is 1. The fourth-order valence-corrected chi connectivity index (χ4v) is 4.16. The zero-order valence-corrected chi connectivity index (χ0v) is 19.3. The predicted octanol–water partition coefficient (Wildman–Crippen LogP) is 4.85. The van der Waals surface area contributed by atoms with Gasteiger partial charge in [0.05, 0.1) is 13.2 Å². The Labute approximate surface area is 186 Å². The molecule has 0 saturated carbocycles. The normalized spacial score (nSPS) is 15.5. The number of hydrogen-bond acceptors (Lipinski definition) is 4. The molecule has 1 atom stereocenters. The third-order valence-electron chi connectivity index (χ3n) is 5.97. The first kappa shape index (κ1) is 23.1.